The summed E-state index contributed by atoms with van der Waals surface area (Å²) in [6, 6.07) is 9.44. The minimum atomic E-state index is 0.607. The monoisotopic (exact) mass is 247 g/mol. The van der Waals surface area contributed by atoms with Crippen LogP contribution in [0.2, 0.25) is 0 Å². The molecule has 2 aliphatic heterocycles. The second-order valence-corrected chi connectivity index (χ2v) is 5.08. The molecule has 0 amide bonds. The molecule has 0 aliphatic carbocycles. The van der Waals surface area contributed by atoms with Crippen molar-refractivity contribution in [3.05, 3.63) is 29.8 Å². The molecule has 2 aliphatic rings. The van der Waals surface area contributed by atoms with Crippen molar-refractivity contribution < 1.29 is 4.74 Å². The van der Waals surface area contributed by atoms with Gasteiger partial charge in [0.1, 0.15) is 0 Å². The van der Waals surface area contributed by atoms with Crippen LogP contribution in [-0.4, -0.2) is 50.3 Å². The Morgan fingerprint density at radius 1 is 1.17 bits per heavy atom. The number of morpholine rings is 1. The third-order valence-electron chi connectivity index (χ3n) is 3.62. The molecule has 0 unspecified atom stereocenters. The molecular weight excluding hydrogens is 226 g/mol. The second kappa shape index (κ2) is 5.69. The number of nitrogens with one attached hydrogen (secondary N) is 2. The van der Waals surface area contributed by atoms with E-state index >= 15 is 0 Å². The molecule has 98 valence electrons. The predicted octanol–water partition coefficient (Wildman–Crippen LogP) is 0.902. The fourth-order valence-corrected chi connectivity index (χ4v) is 2.35. The van der Waals surface area contributed by atoms with Gasteiger partial charge in [0.15, 0.2) is 0 Å². The lowest BCUT2D eigenvalue weighted by Crippen LogP contribution is -2.51. The maximum Gasteiger partial charge on any atom is 0.0594 e. The van der Waals surface area contributed by atoms with Crippen molar-refractivity contribution in [2.45, 2.75) is 12.6 Å². The zero-order valence-electron chi connectivity index (χ0n) is 10.7. The largest absolute Gasteiger partial charge is 0.380 e. The third-order valence-corrected chi connectivity index (χ3v) is 3.62. The average Bonchev–Trinajstić information content (AvgIpc) is 2.37. The highest BCUT2D eigenvalue weighted by Crippen LogP contribution is 2.14. The normalized spacial score (nSPS) is 21.6. The first-order valence-electron chi connectivity index (χ1n) is 6.76. The van der Waals surface area contributed by atoms with Gasteiger partial charge in [-0.2, -0.15) is 0 Å². The van der Waals surface area contributed by atoms with Gasteiger partial charge in [-0.3, -0.25) is 4.90 Å². The Hall–Kier alpha value is -1.10. The molecule has 4 nitrogen and oxygen atoms in total. The summed E-state index contributed by atoms with van der Waals surface area (Å²) in [6.45, 7) is 7.03. The van der Waals surface area contributed by atoms with Crippen LogP contribution >= 0.6 is 0 Å². The third kappa shape index (κ3) is 3.02. The number of ether oxygens (including phenoxy) is 1. The first-order chi connectivity index (χ1) is 8.90. The predicted molar refractivity (Wildman–Crippen MR) is 72.8 cm³/mol. The fourth-order valence-electron chi connectivity index (χ4n) is 2.35. The molecule has 2 saturated heterocycles. The van der Waals surface area contributed by atoms with Gasteiger partial charge in [-0.25, -0.2) is 0 Å². The van der Waals surface area contributed by atoms with E-state index in [4.69, 9.17) is 4.74 Å². The van der Waals surface area contributed by atoms with Crippen LogP contribution in [0.4, 0.5) is 5.69 Å². The van der Waals surface area contributed by atoms with E-state index in [1.54, 1.807) is 0 Å². The molecule has 2 N–H and O–H groups in total. The zero-order valence-corrected chi connectivity index (χ0v) is 10.7. The Labute approximate surface area is 108 Å². The van der Waals surface area contributed by atoms with Gasteiger partial charge < -0.3 is 15.4 Å². The number of hydrogen-bond donors (Lipinski definition) is 2. The molecule has 0 spiro atoms. The van der Waals surface area contributed by atoms with Crippen LogP contribution in [0.3, 0.4) is 0 Å². The smallest absolute Gasteiger partial charge is 0.0594 e. The quantitative estimate of drug-likeness (QED) is 0.829. The number of benzene rings is 1. The summed E-state index contributed by atoms with van der Waals surface area (Å²) in [5.41, 5.74) is 2.61. The van der Waals surface area contributed by atoms with Crippen molar-refractivity contribution in [3.63, 3.8) is 0 Å². The van der Waals surface area contributed by atoms with Gasteiger partial charge in [0.2, 0.25) is 0 Å². The molecule has 0 aromatic heterocycles. The molecule has 1 aromatic carbocycles. The van der Waals surface area contributed by atoms with Crippen molar-refractivity contribution in [3.8, 4) is 0 Å². The summed E-state index contributed by atoms with van der Waals surface area (Å²) in [4.78, 5) is 2.45. The zero-order chi connectivity index (χ0) is 12.2. The molecule has 2 fully saturated rings. The SMILES string of the molecule is c1cc(NC2CNC2)ccc1CN1CCOCC1. The van der Waals surface area contributed by atoms with Crippen LogP contribution in [-0.2, 0) is 11.3 Å². The van der Waals surface area contributed by atoms with E-state index in [0.717, 1.165) is 45.9 Å². The van der Waals surface area contributed by atoms with Crippen LogP contribution in [0.15, 0.2) is 24.3 Å². The average molecular weight is 247 g/mol. The Kier molecular flexibility index (Phi) is 3.78. The lowest BCUT2D eigenvalue weighted by molar-refractivity contribution is 0.0342. The lowest BCUT2D eigenvalue weighted by Gasteiger charge is -2.29. The highest BCUT2D eigenvalue weighted by atomic mass is 16.5. The van der Waals surface area contributed by atoms with E-state index in [0.29, 0.717) is 6.04 Å². The van der Waals surface area contributed by atoms with Crippen LogP contribution < -0.4 is 10.6 Å². The Morgan fingerprint density at radius 3 is 2.50 bits per heavy atom. The summed E-state index contributed by atoms with van der Waals surface area (Å²) in [7, 11) is 0. The Bertz CT molecular complexity index is 369. The van der Waals surface area contributed by atoms with Gasteiger partial charge in [-0.1, -0.05) is 12.1 Å². The highest BCUT2D eigenvalue weighted by molar-refractivity contribution is 5.46. The summed E-state index contributed by atoms with van der Waals surface area (Å²) >= 11 is 0. The van der Waals surface area contributed by atoms with Crippen LogP contribution in [0, 0.1) is 0 Å². The van der Waals surface area contributed by atoms with E-state index < -0.39 is 0 Å². The number of anilines is 1. The van der Waals surface area contributed by atoms with Gasteiger partial charge in [0.05, 0.1) is 19.3 Å². The first kappa shape index (κ1) is 12.0. The maximum absolute atomic E-state index is 5.36. The second-order valence-electron chi connectivity index (χ2n) is 5.08. The summed E-state index contributed by atoms with van der Waals surface area (Å²) < 4.78 is 5.36. The number of nitrogens with zero attached hydrogens (tertiary/aromatic N) is 1. The van der Waals surface area contributed by atoms with E-state index in [1.165, 1.54) is 11.3 Å². The molecule has 0 saturated carbocycles. The van der Waals surface area contributed by atoms with Gasteiger partial charge in [-0.05, 0) is 17.7 Å². The van der Waals surface area contributed by atoms with Crippen molar-refractivity contribution >= 4 is 5.69 Å². The van der Waals surface area contributed by atoms with Crippen LogP contribution in [0.1, 0.15) is 5.56 Å². The number of rotatable bonds is 4. The van der Waals surface area contributed by atoms with Crippen molar-refractivity contribution in [1.29, 1.82) is 0 Å². The van der Waals surface area contributed by atoms with E-state index in [9.17, 15) is 0 Å². The van der Waals surface area contributed by atoms with Crippen molar-refractivity contribution in [1.82, 2.24) is 10.2 Å². The minimum Gasteiger partial charge on any atom is -0.380 e. The van der Waals surface area contributed by atoms with E-state index in [2.05, 4.69) is 39.8 Å². The summed E-state index contributed by atoms with van der Waals surface area (Å²) in [5.74, 6) is 0. The molecule has 2 heterocycles. The number of hydrogen-bond acceptors (Lipinski definition) is 4. The van der Waals surface area contributed by atoms with Crippen molar-refractivity contribution in [2.24, 2.45) is 0 Å². The van der Waals surface area contributed by atoms with Crippen molar-refractivity contribution in [2.75, 3.05) is 44.7 Å². The van der Waals surface area contributed by atoms with Gasteiger partial charge >= 0.3 is 0 Å². The topological polar surface area (TPSA) is 36.5 Å². The molecule has 3 rings (SSSR count). The van der Waals surface area contributed by atoms with E-state index in [-0.39, 0.29) is 0 Å². The molecule has 4 heteroatoms. The van der Waals surface area contributed by atoms with Crippen LogP contribution in [0.25, 0.3) is 0 Å². The molecule has 18 heavy (non-hydrogen) atoms. The summed E-state index contributed by atoms with van der Waals surface area (Å²) in [6.07, 6.45) is 0. The molecular formula is C14H21N3O. The van der Waals surface area contributed by atoms with E-state index in [1.807, 2.05) is 0 Å². The maximum atomic E-state index is 5.36. The molecule has 0 radical (unpaired) electrons. The molecule has 1 aromatic rings. The van der Waals surface area contributed by atoms with Crippen LogP contribution in [0.5, 0.6) is 0 Å². The van der Waals surface area contributed by atoms with Gasteiger partial charge in [0, 0.05) is 38.4 Å². The lowest BCUT2D eigenvalue weighted by atomic mass is 10.1. The fraction of sp³-hybridized carbons (Fsp3) is 0.571. The molecule has 0 bridgehead atoms. The minimum absolute atomic E-state index is 0.607. The first-order valence-corrected chi connectivity index (χ1v) is 6.76. The van der Waals surface area contributed by atoms with Gasteiger partial charge in [-0.15, -0.1) is 0 Å². The summed E-state index contributed by atoms with van der Waals surface area (Å²) in [5, 5.41) is 6.78. The highest BCUT2D eigenvalue weighted by Gasteiger charge is 2.15. The Morgan fingerprint density at radius 2 is 1.89 bits per heavy atom. The Balaban J connectivity index is 1.52. The standard InChI is InChI=1S/C14H21N3O/c1-3-13(16-14-9-15-10-14)4-2-12(1)11-17-5-7-18-8-6-17/h1-4,14-16H,5-11H2. The molecule has 0 atom stereocenters. The van der Waals surface area contributed by atoms with Gasteiger partial charge in [0.25, 0.3) is 0 Å².